The van der Waals surface area contributed by atoms with Gasteiger partial charge in [-0.05, 0) is 0 Å². The van der Waals surface area contributed by atoms with Gasteiger partial charge in [-0.1, -0.05) is 20.8 Å². The van der Waals surface area contributed by atoms with Gasteiger partial charge in [0.15, 0.2) is 6.29 Å². The van der Waals surface area contributed by atoms with Gasteiger partial charge in [0, 0.05) is 26.5 Å². The van der Waals surface area contributed by atoms with Gasteiger partial charge < -0.3 is 9.47 Å². The molecule has 1 rings (SSSR count). The van der Waals surface area contributed by atoms with E-state index >= 15 is 0 Å². The van der Waals surface area contributed by atoms with Crippen LogP contribution in [0.1, 0.15) is 20.8 Å². The van der Waals surface area contributed by atoms with Crippen molar-refractivity contribution in [2.24, 2.45) is 5.41 Å². The van der Waals surface area contributed by atoms with Gasteiger partial charge in [-0.3, -0.25) is 0 Å². The molecule has 0 radical (unpaired) electrons. The van der Waals surface area contributed by atoms with E-state index < -0.39 is 0 Å². The van der Waals surface area contributed by atoms with Gasteiger partial charge in [0.2, 0.25) is 0 Å². The summed E-state index contributed by atoms with van der Waals surface area (Å²) in [5, 5.41) is 0. The van der Waals surface area contributed by atoms with Gasteiger partial charge in [0.1, 0.15) is 0 Å². The molecule has 0 bridgehead atoms. The topological polar surface area (TPSA) is 18.5 Å². The Morgan fingerprint density at radius 2 is 1.50 bits per heavy atom. The van der Waals surface area contributed by atoms with E-state index in [-0.39, 0.29) is 32.8 Å². The van der Waals surface area contributed by atoms with E-state index in [0.717, 1.165) is 13.2 Å². The van der Waals surface area contributed by atoms with Crippen LogP contribution >= 0.6 is 0 Å². The molecular formula is C7H14O2Pt. The molecular weight excluding hydrogens is 311 g/mol. The standard InChI is InChI=1S/C7H14O2.Pt/c1-7(2,3)6-8-4-5-9-6;/h6H,4-5H2,1-3H3;. The number of rotatable bonds is 0. The quantitative estimate of drug-likeness (QED) is 0.670. The van der Waals surface area contributed by atoms with Crippen LogP contribution in [-0.2, 0) is 30.5 Å². The van der Waals surface area contributed by atoms with E-state index in [1.165, 1.54) is 0 Å². The summed E-state index contributed by atoms with van der Waals surface area (Å²) in [6.45, 7) is 7.85. The molecule has 1 fully saturated rings. The predicted molar refractivity (Wildman–Crippen MR) is 35.1 cm³/mol. The molecule has 10 heavy (non-hydrogen) atoms. The van der Waals surface area contributed by atoms with Gasteiger partial charge in [-0.25, -0.2) is 0 Å². The molecule has 0 atom stereocenters. The summed E-state index contributed by atoms with van der Waals surface area (Å²) >= 11 is 0. The van der Waals surface area contributed by atoms with E-state index in [0.29, 0.717) is 0 Å². The zero-order valence-corrected chi connectivity index (χ0v) is 8.90. The summed E-state index contributed by atoms with van der Waals surface area (Å²) in [6.07, 6.45) is 0.0116. The second-order valence-corrected chi connectivity index (χ2v) is 3.44. The number of hydrogen-bond acceptors (Lipinski definition) is 2. The van der Waals surface area contributed by atoms with Crippen LogP contribution in [0.15, 0.2) is 0 Å². The third kappa shape index (κ3) is 2.69. The van der Waals surface area contributed by atoms with Gasteiger partial charge in [0.05, 0.1) is 13.2 Å². The van der Waals surface area contributed by atoms with Crippen LogP contribution < -0.4 is 0 Å². The maximum atomic E-state index is 5.30. The monoisotopic (exact) mass is 325 g/mol. The van der Waals surface area contributed by atoms with Crippen molar-refractivity contribution in [2.45, 2.75) is 27.1 Å². The minimum Gasteiger partial charge on any atom is -0.350 e. The van der Waals surface area contributed by atoms with Crippen molar-refractivity contribution in [1.29, 1.82) is 0 Å². The Bertz CT molecular complexity index is 92.3. The minimum absolute atomic E-state index is 0. The molecule has 0 aromatic heterocycles. The fraction of sp³-hybridized carbons (Fsp3) is 1.00. The summed E-state index contributed by atoms with van der Waals surface area (Å²) in [5.74, 6) is 0. The summed E-state index contributed by atoms with van der Waals surface area (Å²) < 4.78 is 10.6. The Labute approximate surface area is 76.5 Å². The average molecular weight is 325 g/mol. The fourth-order valence-corrected chi connectivity index (χ4v) is 0.858. The van der Waals surface area contributed by atoms with Crippen molar-refractivity contribution in [3.63, 3.8) is 0 Å². The maximum absolute atomic E-state index is 5.30. The van der Waals surface area contributed by atoms with E-state index in [2.05, 4.69) is 20.8 Å². The van der Waals surface area contributed by atoms with Crippen LogP contribution in [0.2, 0.25) is 0 Å². The van der Waals surface area contributed by atoms with Crippen LogP contribution in [0.4, 0.5) is 0 Å². The van der Waals surface area contributed by atoms with Crippen LogP contribution in [0.5, 0.6) is 0 Å². The first kappa shape index (κ1) is 10.6. The molecule has 0 unspecified atom stereocenters. The largest absolute Gasteiger partial charge is 0.350 e. The third-order valence-electron chi connectivity index (χ3n) is 1.33. The third-order valence-corrected chi connectivity index (χ3v) is 1.33. The molecule has 0 aromatic rings. The second kappa shape index (κ2) is 3.84. The summed E-state index contributed by atoms with van der Waals surface area (Å²) in [5.41, 5.74) is 0.135. The predicted octanol–water partition coefficient (Wildman–Crippen LogP) is 1.40. The van der Waals surface area contributed by atoms with Crippen molar-refractivity contribution in [3.05, 3.63) is 0 Å². The van der Waals surface area contributed by atoms with E-state index in [1.54, 1.807) is 0 Å². The Kier molecular flexibility index (Phi) is 4.08. The Balaban J connectivity index is 0.000000810. The number of ether oxygens (including phenoxy) is 2. The van der Waals surface area contributed by atoms with Gasteiger partial charge in [-0.2, -0.15) is 0 Å². The molecule has 0 spiro atoms. The molecule has 1 aliphatic rings. The first-order valence-corrected chi connectivity index (χ1v) is 3.34. The van der Waals surface area contributed by atoms with Crippen molar-refractivity contribution < 1.29 is 30.5 Å². The van der Waals surface area contributed by atoms with Crippen LogP contribution in [-0.4, -0.2) is 19.5 Å². The minimum atomic E-state index is 0. The van der Waals surface area contributed by atoms with E-state index in [4.69, 9.17) is 9.47 Å². The van der Waals surface area contributed by atoms with Crippen molar-refractivity contribution in [2.75, 3.05) is 13.2 Å². The summed E-state index contributed by atoms with van der Waals surface area (Å²) in [4.78, 5) is 0. The van der Waals surface area contributed by atoms with E-state index in [9.17, 15) is 0 Å². The van der Waals surface area contributed by atoms with E-state index in [1.807, 2.05) is 0 Å². The van der Waals surface area contributed by atoms with Crippen LogP contribution in [0.25, 0.3) is 0 Å². The summed E-state index contributed by atoms with van der Waals surface area (Å²) in [7, 11) is 0. The van der Waals surface area contributed by atoms with Gasteiger partial charge in [0.25, 0.3) is 0 Å². The first-order valence-electron chi connectivity index (χ1n) is 3.34. The molecule has 1 saturated heterocycles. The molecule has 0 saturated carbocycles. The zero-order chi connectivity index (χ0) is 6.91. The molecule has 1 heterocycles. The van der Waals surface area contributed by atoms with Crippen molar-refractivity contribution in [3.8, 4) is 0 Å². The molecule has 64 valence electrons. The first-order chi connectivity index (χ1) is 4.11. The molecule has 0 amide bonds. The zero-order valence-electron chi connectivity index (χ0n) is 6.62. The van der Waals surface area contributed by atoms with Crippen LogP contribution in [0, 0.1) is 5.41 Å². The Hall–Kier alpha value is 0.608. The fourth-order valence-electron chi connectivity index (χ4n) is 0.858. The van der Waals surface area contributed by atoms with Crippen LogP contribution in [0.3, 0.4) is 0 Å². The maximum Gasteiger partial charge on any atom is 0.162 e. The van der Waals surface area contributed by atoms with Gasteiger partial charge in [-0.15, -0.1) is 0 Å². The molecule has 0 aromatic carbocycles. The summed E-state index contributed by atoms with van der Waals surface area (Å²) in [6, 6.07) is 0. The number of hydrogen-bond donors (Lipinski definition) is 0. The Morgan fingerprint density at radius 3 is 1.70 bits per heavy atom. The average Bonchev–Trinajstić information content (AvgIpc) is 2.08. The SMILES string of the molecule is CC(C)(C)C1OCCO1.[Pt]. The normalized spacial score (nSPS) is 20.7. The molecule has 1 aliphatic heterocycles. The molecule has 2 nitrogen and oxygen atoms in total. The molecule has 3 heteroatoms. The molecule has 0 N–H and O–H groups in total. The smallest absolute Gasteiger partial charge is 0.162 e. The van der Waals surface area contributed by atoms with Gasteiger partial charge >= 0.3 is 0 Å². The Morgan fingerprint density at radius 1 is 1.10 bits per heavy atom. The van der Waals surface area contributed by atoms with Crippen molar-refractivity contribution >= 4 is 0 Å². The van der Waals surface area contributed by atoms with Crippen molar-refractivity contribution in [1.82, 2.24) is 0 Å². The molecule has 0 aliphatic carbocycles. The second-order valence-electron chi connectivity index (χ2n) is 3.44.